The second kappa shape index (κ2) is 6.79. The smallest absolute Gasteiger partial charge is 0.129 e. The number of nitrogens with one attached hydrogen (secondary N) is 1. The third kappa shape index (κ3) is 3.33. The topological polar surface area (TPSA) is 50.9 Å². The van der Waals surface area contributed by atoms with E-state index in [4.69, 9.17) is 17.4 Å². The number of hydrogen-bond acceptors (Lipinski definition) is 3. The standard InChI is InChI=1S/C15H17ClFN3/c1-2-10-6-7-11(19-9-10)8-14(20-18)15-12(16)4-3-5-13(15)17/h3-7,9,14,20H,2,8,18H2,1H3. The van der Waals surface area contributed by atoms with E-state index in [1.165, 1.54) is 6.07 Å². The average Bonchev–Trinajstić information content (AvgIpc) is 2.46. The Hall–Kier alpha value is -1.49. The quantitative estimate of drug-likeness (QED) is 0.657. The Balaban J connectivity index is 2.24. The molecule has 5 heteroatoms. The van der Waals surface area contributed by atoms with E-state index >= 15 is 0 Å². The van der Waals surface area contributed by atoms with Crippen molar-refractivity contribution in [2.75, 3.05) is 0 Å². The van der Waals surface area contributed by atoms with Gasteiger partial charge in [-0.15, -0.1) is 0 Å². The minimum atomic E-state index is -0.413. The van der Waals surface area contributed by atoms with E-state index in [0.717, 1.165) is 17.7 Å². The van der Waals surface area contributed by atoms with Crippen LogP contribution in [0.4, 0.5) is 4.39 Å². The first-order valence-electron chi connectivity index (χ1n) is 6.49. The summed E-state index contributed by atoms with van der Waals surface area (Å²) < 4.78 is 13.9. The molecule has 20 heavy (non-hydrogen) atoms. The van der Waals surface area contributed by atoms with E-state index in [1.807, 2.05) is 18.3 Å². The summed E-state index contributed by atoms with van der Waals surface area (Å²) in [4.78, 5) is 4.36. The molecule has 3 N–H and O–H groups in total. The summed E-state index contributed by atoms with van der Waals surface area (Å²) in [5.41, 5.74) is 4.99. The van der Waals surface area contributed by atoms with Gasteiger partial charge < -0.3 is 0 Å². The van der Waals surface area contributed by atoms with Crippen molar-refractivity contribution in [3.8, 4) is 0 Å². The van der Waals surface area contributed by atoms with Crippen LogP contribution in [0.25, 0.3) is 0 Å². The van der Waals surface area contributed by atoms with Crippen LogP contribution < -0.4 is 11.3 Å². The molecule has 0 amide bonds. The lowest BCUT2D eigenvalue weighted by Gasteiger charge is -2.18. The van der Waals surface area contributed by atoms with Crippen LogP contribution in [0.2, 0.25) is 5.02 Å². The van der Waals surface area contributed by atoms with Crippen LogP contribution in [0, 0.1) is 5.82 Å². The SMILES string of the molecule is CCc1ccc(CC(NN)c2c(F)cccc2Cl)nc1. The summed E-state index contributed by atoms with van der Waals surface area (Å²) in [7, 11) is 0. The van der Waals surface area contributed by atoms with E-state index in [9.17, 15) is 4.39 Å². The molecule has 1 heterocycles. The number of pyridine rings is 1. The van der Waals surface area contributed by atoms with Crippen LogP contribution in [0.5, 0.6) is 0 Å². The molecule has 0 fully saturated rings. The molecule has 0 saturated carbocycles. The van der Waals surface area contributed by atoms with E-state index in [1.54, 1.807) is 12.1 Å². The second-order valence-corrected chi connectivity index (χ2v) is 4.98. The molecule has 1 atom stereocenters. The molecule has 0 radical (unpaired) electrons. The first-order valence-corrected chi connectivity index (χ1v) is 6.87. The molecule has 0 aliphatic carbocycles. The van der Waals surface area contributed by atoms with E-state index in [2.05, 4.69) is 17.3 Å². The Labute approximate surface area is 122 Å². The average molecular weight is 294 g/mol. The molecular weight excluding hydrogens is 277 g/mol. The Morgan fingerprint density at radius 1 is 1.35 bits per heavy atom. The summed E-state index contributed by atoms with van der Waals surface area (Å²) >= 11 is 6.06. The first kappa shape index (κ1) is 14.9. The predicted octanol–water partition coefficient (Wildman–Crippen LogP) is 3.18. The van der Waals surface area contributed by atoms with Crippen molar-refractivity contribution in [2.24, 2.45) is 5.84 Å². The number of hydrogen-bond donors (Lipinski definition) is 2. The van der Waals surface area contributed by atoms with Gasteiger partial charge >= 0.3 is 0 Å². The normalized spacial score (nSPS) is 12.4. The Kier molecular flexibility index (Phi) is 5.06. The fraction of sp³-hybridized carbons (Fsp3) is 0.267. The minimum Gasteiger partial charge on any atom is -0.271 e. The van der Waals surface area contributed by atoms with Crippen LogP contribution >= 0.6 is 11.6 Å². The summed E-state index contributed by atoms with van der Waals surface area (Å²) in [5, 5.41) is 0.359. The summed E-state index contributed by atoms with van der Waals surface area (Å²) in [6.45, 7) is 2.07. The van der Waals surface area contributed by atoms with Crippen molar-refractivity contribution in [3.05, 3.63) is 64.2 Å². The van der Waals surface area contributed by atoms with Crippen molar-refractivity contribution < 1.29 is 4.39 Å². The number of halogens is 2. The summed E-state index contributed by atoms with van der Waals surface area (Å²) in [6.07, 6.45) is 3.23. The minimum absolute atomic E-state index is 0.359. The van der Waals surface area contributed by atoms with Gasteiger partial charge in [0.1, 0.15) is 5.82 Å². The van der Waals surface area contributed by atoms with Gasteiger partial charge in [0.05, 0.1) is 6.04 Å². The van der Waals surface area contributed by atoms with E-state index in [-0.39, 0.29) is 5.82 Å². The zero-order valence-electron chi connectivity index (χ0n) is 11.2. The molecule has 0 aliphatic rings. The van der Waals surface area contributed by atoms with Crippen LogP contribution in [0.1, 0.15) is 29.8 Å². The molecule has 1 aromatic heterocycles. The Bertz CT molecular complexity index is 552. The van der Waals surface area contributed by atoms with Gasteiger partial charge in [-0.3, -0.25) is 16.3 Å². The van der Waals surface area contributed by atoms with Gasteiger partial charge in [-0.05, 0) is 30.2 Å². The van der Waals surface area contributed by atoms with Crippen molar-refractivity contribution in [1.29, 1.82) is 0 Å². The molecule has 0 spiro atoms. The maximum absolute atomic E-state index is 13.9. The Morgan fingerprint density at radius 3 is 2.70 bits per heavy atom. The zero-order valence-corrected chi connectivity index (χ0v) is 12.0. The number of aryl methyl sites for hydroxylation is 1. The maximum Gasteiger partial charge on any atom is 0.129 e. The van der Waals surface area contributed by atoms with Crippen molar-refractivity contribution in [1.82, 2.24) is 10.4 Å². The van der Waals surface area contributed by atoms with Crippen molar-refractivity contribution in [3.63, 3.8) is 0 Å². The zero-order chi connectivity index (χ0) is 14.5. The number of benzene rings is 1. The van der Waals surface area contributed by atoms with Crippen LogP contribution in [0.3, 0.4) is 0 Å². The molecule has 2 aromatic rings. The molecule has 3 nitrogen and oxygen atoms in total. The summed E-state index contributed by atoms with van der Waals surface area (Å²) in [5.74, 6) is 5.17. The van der Waals surface area contributed by atoms with Gasteiger partial charge in [0.15, 0.2) is 0 Å². The maximum atomic E-state index is 13.9. The van der Waals surface area contributed by atoms with Crippen molar-refractivity contribution in [2.45, 2.75) is 25.8 Å². The fourth-order valence-electron chi connectivity index (χ4n) is 2.08. The first-order chi connectivity index (χ1) is 9.65. The van der Waals surface area contributed by atoms with E-state index in [0.29, 0.717) is 17.0 Å². The lowest BCUT2D eigenvalue weighted by Crippen LogP contribution is -2.30. The number of nitrogens with two attached hydrogens (primary N) is 1. The highest BCUT2D eigenvalue weighted by Gasteiger charge is 2.18. The van der Waals surface area contributed by atoms with Gasteiger partial charge in [-0.1, -0.05) is 30.7 Å². The van der Waals surface area contributed by atoms with Crippen molar-refractivity contribution >= 4 is 11.6 Å². The molecular formula is C15H17ClFN3. The number of nitrogens with zero attached hydrogens (tertiary/aromatic N) is 1. The van der Waals surface area contributed by atoms with E-state index < -0.39 is 6.04 Å². The third-order valence-corrected chi connectivity index (χ3v) is 3.59. The number of rotatable bonds is 5. The molecule has 1 unspecified atom stereocenters. The lowest BCUT2D eigenvalue weighted by atomic mass is 10.0. The van der Waals surface area contributed by atoms with Gasteiger partial charge in [0.25, 0.3) is 0 Å². The van der Waals surface area contributed by atoms with Gasteiger partial charge in [0.2, 0.25) is 0 Å². The summed E-state index contributed by atoms with van der Waals surface area (Å²) in [6, 6.07) is 8.13. The highest BCUT2D eigenvalue weighted by atomic mass is 35.5. The highest BCUT2D eigenvalue weighted by Crippen LogP contribution is 2.27. The monoisotopic (exact) mass is 293 g/mol. The van der Waals surface area contributed by atoms with Crippen LogP contribution in [0.15, 0.2) is 36.5 Å². The predicted molar refractivity (Wildman–Crippen MR) is 78.8 cm³/mol. The van der Waals surface area contributed by atoms with Gasteiger partial charge in [-0.25, -0.2) is 4.39 Å². The number of hydrazine groups is 1. The largest absolute Gasteiger partial charge is 0.271 e. The van der Waals surface area contributed by atoms with Crippen LogP contribution in [-0.4, -0.2) is 4.98 Å². The second-order valence-electron chi connectivity index (χ2n) is 4.57. The van der Waals surface area contributed by atoms with Gasteiger partial charge in [-0.2, -0.15) is 0 Å². The molecule has 0 bridgehead atoms. The fourth-order valence-corrected chi connectivity index (χ4v) is 2.38. The Morgan fingerprint density at radius 2 is 2.15 bits per heavy atom. The lowest BCUT2D eigenvalue weighted by molar-refractivity contribution is 0.507. The molecule has 1 aromatic carbocycles. The molecule has 0 saturated heterocycles. The molecule has 2 rings (SSSR count). The molecule has 0 aliphatic heterocycles. The third-order valence-electron chi connectivity index (χ3n) is 3.26. The number of aromatic nitrogens is 1. The van der Waals surface area contributed by atoms with Crippen LogP contribution in [-0.2, 0) is 12.8 Å². The molecule has 106 valence electrons. The van der Waals surface area contributed by atoms with Gasteiger partial charge in [0, 0.05) is 28.9 Å². The highest BCUT2D eigenvalue weighted by molar-refractivity contribution is 6.31.